The molecule has 0 bridgehead atoms. The Bertz CT molecular complexity index is 651. The van der Waals surface area contributed by atoms with Crippen LogP contribution in [0.2, 0.25) is 0 Å². The minimum Gasteiger partial charge on any atom is -0.507 e. The van der Waals surface area contributed by atoms with Gasteiger partial charge in [0.25, 0.3) is 0 Å². The molecule has 3 rings (SSSR count). The number of aromatic hydroxyl groups is 1. The second-order valence-corrected chi connectivity index (χ2v) is 4.67. The van der Waals surface area contributed by atoms with Gasteiger partial charge in [0.15, 0.2) is 0 Å². The molecule has 4 nitrogen and oxygen atoms in total. The Morgan fingerprint density at radius 3 is 2.67 bits per heavy atom. The van der Waals surface area contributed by atoms with E-state index in [0.717, 1.165) is 16.3 Å². The average Bonchev–Trinajstić information content (AvgIpc) is 2.67. The van der Waals surface area contributed by atoms with Gasteiger partial charge in [-0.1, -0.05) is 31.2 Å². The zero-order valence-corrected chi connectivity index (χ0v) is 9.92. The third kappa shape index (κ3) is 1.35. The minimum absolute atomic E-state index is 0.129. The number of anilines is 1. The molecule has 0 saturated heterocycles. The number of hydrogen-bond donors (Lipinski definition) is 2. The second-order valence-electron chi connectivity index (χ2n) is 4.67. The first kappa shape index (κ1) is 10.9. The first-order valence-electron chi connectivity index (χ1n) is 5.84. The summed E-state index contributed by atoms with van der Waals surface area (Å²) in [5.41, 5.74) is 1.61. The normalized spacial score (nSPS) is 18.1. The summed E-state index contributed by atoms with van der Waals surface area (Å²) in [5.74, 6) is 0.270. The van der Waals surface area contributed by atoms with Gasteiger partial charge >= 0.3 is 6.09 Å². The van der Waals surface area contributed by atoms with E-state index in [1.54, 1.807) is 6.07 Å². The molecule has 2 N–H and O–H groups in total. The van der Waals surface area contributed by atoms with E-state index >= 15 is 0 Å². The topological polar surface area (TPSA) is 60.8 Å². The predicted molar refractivity (Wildman–Crippen MR) is 69.4 cm³/mol. The van der Waals surface area contributed by atoms with E-state index in [0.29, 0.717) is 12.2 Å². The molecule has 0 saturated carbocycles. The largest absolute Gasteiger partial charge is 0.507 e. The fourth-order valence-corrected chi connectivity index (χ4v) is 2.75. The molecule has 1 aliphatic heterocycles. The minimum atomic E-state index is -0.977. The first-order chi connectivity index (χ1) is 8.59. The van der Waals surface area contributed by atoms with Gasteiger partial charge in [-0.15, -0.1) is 0 Å². The van der Waals surface area contributed by atoms with Crippen LogP contribution in [-0.2, 0) is 0 Å². The highest BCUT2D eigenvalue weighted by Crippen LogP contribution is 2.44. The summed E-state index contributed by atoms with van der Waals surface area (Å²) in [4.78, 5) is 12.5. The molecule has 0 radical (unpaired) electrons. The molecule has 1 heterocycles. The van der Waals surface area contributed by atoms with E-state index < -0.39 is 6.09 Å². The van der Waals surface area contributed by atoms with E-state index in [2.05, 4.69) is 0 Å². The maximum absolute atomic E-state index is 11.2. The molecule has 0 aliphatic carbocycles. The van der Waals surface area contributed by atoms with Crippen molar-refractivity contribution in [1.29, 1.82) is 0 Å². The lowest BCUT2D eigenvalue weighted by Gasteiger charge is -2.14. The van der Waals surface area contributed by atoms with Gasteiger partial charge in [-0.3, -0.25) is 4.90 Å². The molecule has 1 aliphatic rings. The van der Waals surface area contributed by atoms with E-state index in [-0.39, 0.29) is 11.7 Å². The number of amides is 1. The molecular formula is C14H13NO3. The molecule has 92 valence electrons. The van der Waals surface area contributed by atoms with Gasteiger partial charge in [0.1, 0.15) is 5.75 Å². The molecule has 0 aromatic heterocycles. The number of nitrogens with zero attached hydrogens (tertiary/aromatic N) is 1. The van der Waals surface area contributed by atoms with E-state index in [4.69, 9.17) is 0 Å². The van der Waals surface area contributed by atoms with Crippen molar-refractivity contribution in [3.8, 4) is 5.75 Å². The quantitative estimate of drug-likeness (QED) is 0.747. The number of fused-ring (bicyclic) bond motifs is 3. The lowest BCUT2D eigenvalue weighted by molar-refractivity contribution is 0.202. The highest BCUT2D eigenvalue weighted by Gasteiger charge is 2.32. The summed E-state index contributed by atoms with van der Waals surface area (Å²) < 4.78 is 0. The SMILES string of the molecule is C[C@@H]1CN(C(=O)O)c2cc(O)c3ccccc3c21. The summed E-state index contributed by atoms with van der Waals surface area (Å²) in [6, 6.07) is 9.09. The number of rotatable bonds is 0. The van der Waals surface area contributed by atoms with Crippen LogP contribution in [0.5, 0.6) is 5.75 Å². The van der Waals surface area contributed by atoms with Crippen LogP contribution in [0.3, 0.4) is 0 Å². The van der Waals surface area contributed by atoms with Crippen LogP contribution in [0, 0.1) is 0 Å². The van der Waals surface area contributed by atoms with Gasteiger partial charge in [-0.25, -0.2) is 4.79 Å². The van der Waals surface area contributed by atoms with Gasteiger partial charge in [0.2, 0.25) is 0 Å². The smallest absolute Gasteiger partial charge is 0.411 e. The van der Waals surface area contributed by atoms with Crippen LogP contribution in [0.4, 0.5) is 10.5 Å². The highest BCUT2D eigenvalue weighted by atomic mass is 16.4. The van der Waals surface area contributed by atoms with Crippen LogP contribution in [-0.4, -0.2) is 22.9 Å². The summed E-state index contributed by atoms with van der Waals surface area (Å²) >= 11 is 0. The molecule has 0 fully saturated rings. The van der Waals surface area contributed by atoms with Crippen molar-refractivity contribution in [1.82, 2.24) is 0 Å². The molecular weight excluding hydrogens is 230 g/mol. The summed E-state index contributed by atoms with van der Waals surface area (Å²) in [6.07, 6.45) is -0.977. The number of hydrogen-bond acceptors (Lipinski definition) is 2. The van der Waals surface area contributed by atoms with Gasteiger partial charge in [-0.2, -0.15) is 0 Å². The van der Waals surface area contributed by atoms with Crippen molar-refractivity contribution in [3.63, 3.8) is 0 Å². The Labute approximate surface area is 104 Å². The fraction of sp³-hybridized carbons (Fsp3) is 0.214. The standard InChI is InChI=1S/C14H13NO3/c1-8-7-15(14(17)18)11-6-12(16)9-4-2-3-5-10(9)13(8)11/h2-6,8,16H,7H2,1H3,(H,17,18)/t8-/m1/s1. The van der Waals surface area contributed by atoms with E-state index in [9.17, 15) is 15.0 Å². The lowest BCUT2D eigenvalue weighted by atomic mass is 9.96. The molecule has 1 atom stereocenters. The van der Waals surface area contributed by atoms with Crippen molar-refractivity contribution < 1.29 is 15.0 Å². The van der Waals surface area contributed by atoms with Gasteiger partial charge in [-0.05, 0) is 10.9 Å². The molecule has 1 amide bonds. The molecule has 0 spiro atoms. The van der Waals surface area contributed by atoms with Crippen molar-refractivity contribution in [2.45, 2.75) is 12.8 Å². The van der Waals surface area contributed by atoms with Crippen LogP contribution in [0.1, 0.15) is 18.4 Å². The highest BCUT2D eigenvalue weighted by molar-refractivity contribution is 6.01. The van der Waals surface area contributed by atoms with Crippen molar-refractivity contribution in [2.75, 3.05) is 11.4 Å². The maximum Gasteiger partial charge on any atom is 0.411 e. The monoisotopic (exact) mass is 243 g/mol. The zero-order valence-electron chi connectivity index (χ0n) is 9.92. The van der Waals surface area contributed by atoms with Crippen molar-refractivity contribution in [2.24, 2.45) is 0 Å². The van der Waals surface area contributed by atoms with Crippen LogP contribution in [0.25, 0.3) is 10.8 Å². The average molecular weight is 243 g/mol. The lowest BCUT2D eigenvalue weighted by Crippen LogP contribution is -2.27. The van der Waals surface area contributed by atoms with Crippen LogP contribution >= 0.6 is 0 Å². The molecule has 18 heavy (non-hydrogen) atoms. The van der Waals surface area contributed by atoms with Crippen molar-refractivity contribution >= 4 is 22.6 Å². The van der Waals surface area contributed by atoms with Gasteiger partial charge < -0.3 is 10.2 Å². The number of phenols is 1. The predicted octanol–water partition coefficient (Wildman–Crippen LogP) is 3.15. The molecule has 4 heteroatoms. The maximum atomic E-state index is 11.2. The Morgan fingerprint density at radius 1 is 1.33 bits per heavy atom. The van der Waals surface area contributed by atoms with Gasteiger partial charge in [0.05, 0.1) is 5.69 Å². The Morgan fingerprint density at radius 2 is 2.00 bits per heavy atom. The number of benzene rings is 2. The Hall–Kier alpha value is -2.23. The second kappa shape index (κ2) is 3.63. The molecule has 0 unspecified atom stereocenters. The summed E-state index contributed by atoms with van der Waals surface area (Å²) in [7, 11) is 0. The first-order valence-corrected chi connectivity index (χ1v) is 5.84. The fourth-order valence-electron chi connectivity index (χ4n) is 2.75. The molecule has 2 aromatic carbocycles. The number of carbonyl (C=O) groups is 1. The summed E-state index contributed by atoms with van der Waals surface area (Å²) in [5, 5.41) is 20.9. The Balaban J connectivity index is 2.37. The Kier molecular flexibility index (Phi) is 2.20. The third-order valence-electron chi connectivity index (χ3n) is 3.51. The van der Waals surface area contributed by atoms with Crippen LogP contribution < -0.4 is 4.90 Å². The zero-order chi connectivity index (χ0) is 12.9. The summed E-state index contributed by atoms with van der Waals surface area (Å²) in [6.45, 7) is 2.45. The van der Waals surface area contributed by atoms with Crippen LogP contribution in [0.15, 0.2) is 30.3 Å². The number of carboxylic acid groups (broad SMARTS) is 1. The molecule has 2 aromatic rings. The van der Waals surface area contributed by atoms with E-state index in [1.807, 2.05) is 31.2 Å². The van der Waals surface area contributed by atoms with E-state index in [1.165, 1.54) is 4.90 Å². The van der Waals surface area contributed by atoms with Gasteiger partial charge in [0, 0.05) is 23.9 Å². The number of phenolic OH excluding ortho intramolecular Hbond substituents is 1. The van der Waals surface area contributed by atoms with Crippen molar-refractivity contribution in [3.05, 3.63) is 35.9 Å². The third-order valence-corrected chi connectivity index (χ3v) is 3.51.